The molecular weight excluding hydrogens is 242 g/mol. The van der Waals surface area contributed by atoms with Crippen molar-refractivity contribution in [2.75, 3.05) is 41.2 Å². The topological polar surface area (TPSA) is 57.2 Å². The van der Waals surface area contributed by atoms with Crippen LogP contribution in [0.3, 0.4) is 0 Å². The summed E-state index contributed by atoms with van der Waals surface area (Å²) in [6, 6.07) is -0.202. The van der Waals surface area contributed by atoms with Crippen LogP contribution in [0.5, 0.6) is 0 Å². The molecule has 1 saturated heterocycles. The van der Waals surface area contributed by atoms with Crippen LogP contribution in [0.25, 0.3) is 0 Å². The van der Waals surface area contributed by atoms with Crippen LogP contribution in [-0.2, 0) is 22.8 Å². The molecule has 1 unspecified atom stereocenters. The molecule has 1 rings (SSSR count). The van der Waals surface area contributed by atoms with E-state index in [9.17, 15) is 4.79 Å². The van der Waals surface area contributed by atoms with E-state index in [2.05, 4.69) is 0 Å². The molecule has 1 aliphatic rings. The van der Waals surface area contributed by atoms with Gasteiger partial charge in [0, 0.05) is 21.3 Å². The summed E-state index contributed by atoms with van der Waals surface area (Å²) in [6.07, 6.45) is 2.30. The number of methoxy groups -OCH3 is 1. The summed E-state index contributed by atoms with van der Waals surface area (Å²) in [4.78, 5) is 13.6. The van der Waals surface area contributed by atoms with Crippen molar-refractivity contribution in [1.29, 1.82) is 0 Å². The van der Waals surface area contributed by atoms with Crippen LogP contribution in [0.1, 0.15) is 12.8 Å². The number of ether oxygens (including phenoxy) is 1. The maximum Gasteiger partial charge on any atom is 0.514 e. The first-order valence-electron chi connectivity index (χ1n) is 5.59. The highest BCUT2D eigenvalue weighted by atomic mass is 28.4. The van der Waals surface area contributed by atoms with E-state index in [0.29, 0.717) is 6.17 Å². The van der Waals surface area contributed by atoms with Gasteiger partial charge in [-0.1, -0.05) is 0 Å². The highest BCUT2D eigenvalue weighted by Crippen LogP contribution is 2.21. The first-order chi connectivity index (χ1) is 8.12. The van der Waals surface area contributed by atoms with Gasteiger partial charge in [0.25, 0.3) is 0 Å². The Morgan fingerprint density at radius 2 is 1.82 bits per heavy atom. The average Bonchev–Trinajstić information content (AvgIpc) is 2.83. The lowest BCUT2D eigenvalue weighted by Gasteiger charge is -2.31. The fourth-order valence-corrected chi connectivity index (χ4v) is 3.87. The zero-order chi connectivity index (χ0) is 12.9. The molecule has 0 bridgehead atoms. The van der Waals surface area contributed by atoms with Crippen molar-refractivity contribution in [3.05, 3.63) is 0 Å². The van der Waals surface area contributed by atoms with Crippen LogP contribution in [0.15, 0.2) is 0 Å². The Bertz CT molecular complexity index is 251. The number of carbonyl (C=O) groups excluding carboxylic acids is 1. The van der Waals surface area contributed by atoms with Crippen molar-refractivity contribution in [2.45, 2.75) is 18.9 Å². The Morgan fingerprint density at radius 3 is 2.29 bits per heavy atom. The third kappa shape index (κ3) is 3.26. The van der Waals surface area contributed by atoms with E-state index in [1.54, 1.807) is 21.3 Å². The Hall–Kier alpha value is -0.473. The zero-order valence-electron chi connectivity index (χ0n) is 10.9. The van der Waals surface area contributed by atoms with Gasteiger partial charge in [0.1, 0.15) is 6.04 Å². The van der Waals surface area contributed by atoms with Crippen molar-refractivity contribution in [2.24, 2.45) is 0 Å². The van der Waals surface area contributed by atoms with Crippen LogP contribution in [0.2, 0.25) is 0 Å². The molecule has 0 aromatic carbocycles. The molecule has 1 aliphatic heterocycles. The third-order valence-electron chi connectivity index (χ3n) is 3.17. The fraction of sp³-hybridized carbons (Fsp3) is 0.900. The standard InChI is InChI=1S/C10H21NO5Si/c1-13-10(12)9-6-5-7-11(9)8-17(14-2,15-3)16-4/h9H,5-8H2,1-4H3. The van der Waals surface area contributed by atoms with Crippen LogP contribution in [0, 0.1) is 0 Å². The minimum atomic E-state index is -2.66. The minimum absolute atomic E-state index is 0.200. The van der Waals surface area contributed by atoms with Gasteiger partial charge in [-0.25, -0.2) is 0 Å². The second-order valence-electron chi connectivity index (χ2n) is 3.95. The summed E-state index contributed by atoms with van der Waals surface area (Å²) in [5.41, 5.74) is 0. The Balaban J connectivity index is 2.68. The van der Waals surface area contributed by atoms with E-state index in [1.165, 1.54) is 7.11 Å². The largest absolute Gasteiger partial charge is 0.514 e. The highest BCUT2D eigenvalue weighted by molar-refractivity contribution is 6.60. The SMILES string of the molecule is COC(=O)C1CCCN1C[Si](OC)(OC)OC. The first kappa shape index (κ1) is 14.6. The number of rotatable bonds is 6. The van der Waals surface area contributed by atoms with Gasteiger partial charge in [-0.2, -0.15) is 0 Å². The number of hydrogen-bond donors (Lipinski definition) is 0. The normalized spacial score (nSPS) is 21.8. The second-order valence-corrected chi connectivity index (χ2v) is 6.85. The van der Waals surface area contributed by atoms with Gasteiger partial charge in [-0.3, -0.25) is 9.69 Å². The van der Waals surface area contributed by atoms with Crippen LogP contribution < -0.4 is 0 Å². The van der Waals surface area contributed by atoms with E-state index >= 15 is 0 Å². The molecule has 0 aliphatic carbocycles. The molecule has 17 heavy (non-hydrogen) atoms. The number of hydrogen-bond acceptors (Lipinski definition) is 6. The van der Waals surface area contributed by atoms with Gasteiger partial charge in [0.15, 0.2) is 0 Å². The van der Waals surface area contributed by atoms with Crippen LogP contribution >= 0.6 is 0 Å². The van der Waals surface area contributed by atoms with Crippen molar-refractivity contribution >= 4 is 14.8 Å². The molecular formula is C10H21NO5Si. The van der Waals surface area contributed by atoms with Crippen molar-refractivity contribution in [3.63, 3.8) is 0 Å². The van der Waals surface area contributed by atoms with E-state index in [0.717, 1.165) is 19.4 Å². The van der Waals surface area contributed by atoms with E-state index in [4.69, 9.17) is 18.0 Å². The lowest BCUT2D eigenvalue weighted by molar-refractivity contribution is -0.145. The molecule has 100 valence electrons. The number of likely N-dealkylation sites (tertiary alicyclic amines) is 1. The molecule has 0 N–H and O–H groups in total. The molecule has 0 radical (unpaired) electrons. The molecule has 0 saturated carbocycles. The monoisotopic (exact) mass is 263 g/mol. The molecule has 0 aromatic rings. The quantitative estimate of drug-likeness (QED) is 0.498. The fourth-order valence-electron chi connectivity index (χ4n) is 2.11. The summed E-state index contributed by atoms with van der Waals surface area (Å²) in [7, 11) is 3.46. The minimum Gasteiger partial charge on any atom is -0.468 e. The van der Waals surface area contributed by atoms with E-state index in [1.807, 2.05) is 4.90 Å². The maximum absolute atomic E-state index is 11.6. The molecule has 6 nitrogen and oxygen atoms in total. The van der Waals surface area contributed by atoms with Gasteiger partial charge in [0.2, 0.25) is 0 Å². The van der Waals surface area contributed by atoms with Gasteiger partial charge >= 0.3 is 14.8 Å². The summed E-state index contributed by atoms with van der Waals surface area (Å²) in [5.74, 6) is -0.200. The van der Waals surface area contributed by atoms with E-state index < -0.39 is 8.80 Å². The third-order valence-corrected chi connectivity index (χ3v) is 5.83. The predicted molar refractivity (Wildman–Crippen MR) is 63.4 cm³/mol. The molecule has 0 aromatic heterocycles. The maximum atomic E-state index is 11.6. The first-order valence-corrected chi connectivity index (χ1v) is 7.53. The number of carbonyl (C=O) groups is 1. The van der Waals surface area contributed by atoms with Crippen molar-refractivity contribution in [1.82, 2.24) is 4.90 Å². The van der Waals surface area contributed by atoms with Crippen molar-refractivity contribution < 1.29 is 22.8 Å². The molecule has 1 atom stereocenters. The Kier molecular flexibility index (Phi) is 5.54. The Labute approximate surface area is 103 Å². The van der Waals surface area contributed by atoms with Gasteiger partial charge in [-0.05, 0) is 19.4 Å². The smallest absolute Gasteiger partial charge is 0.468 e. The van der Waals surface area contributed by atoms with Crippen molar-refractivity contribution in [3.8, 4) is 0 Å². The summed E-state index contributed by atoms with van der Waals surface area (Å²) >= 11 is 0. The number of esters is 1. The van der Waals surface area contributed by atoms with Crippen LogP contribution in [-0.4, -0.2) is 66.9 Å². The molecule has 0 spiro atoms. The lowest BCUT2D eigenvalue weighted by atomic mass is 10.2. The van der Waals surface area contributed by atoms with Crippen LogP contribution in [0.4, 0.5) is 0 Å². The average molecular weight is 263 g/mol. The summed E-state index contributed by atoms with van der Waals surface area (Å²) in [6.45, 7) is 0.838. The predicted octanol–water partition coefficient (Wildman–Crippen LogP) is 0.0411. The van der Waals surface area contributed by atoms with Gasteiger partial charge in [0.05, 0.1) is 13.3 Å². The highest BCUT2D eigenvalue weighted by Gasteiger charge is 2.44. The van der Waals surface area contributed by atoms with Gasteiger partial charge < -0.3 is 18.0 Å². The molecule has 1 heterocycles. The summed E-state index contributed by atoms with van der Waals surface area (Å²) < 4.78 is 20.9. The number of nitrogens with zero attached hydrogens (tertiary/aromatic N) is 1. The Morgan fingerprint density at radius 1 is 1.24 bits per heavy atom. The molecule has 1 fully saturated rings. The zero-order valence-corrected chi connectivity index (χ0v) is 11.9. The van der Waals surface area contributed by atoms with E-state index in [-0.39, 0.29) is 12.0 Å². The molecule has 0 amide bonds. The second kappa shape index (κ2) is 6.46. The molecule has 7 heteroatoms. The summed E-state index contributed by atoms with van der Waals surface area (Å²) in [5, 5.41) is 0. The lowest BCUT2D eigenvalue weighted by Crippen LogP contribution is -2.55. The van der Waals surface area contributed by atoms with Gasteiger partial charge in [-0.15, -0.1) is 0 Å².